The van der Waals surface area contributed by atoms with Crippen LogP contribution >= 0.6 is 0 Å². The molecule has 1 aromatic rings. The highest BCUT2D eigenvalue weighted by atomic mass is 16.6. The molecule has 1 saturated heterocycles. The van der Waals surface area contributed by atoms with Crippen molar-refractivity contribution in [1.29, 1.82) is 0 Å². The van der Waals surface area contributed by atoms with Crippen molar-refractivity contribution in [3.63, 3.8) is 0 Å². The Morgan fingerprint density at radius 3 is 2.02 bits per heavy atom. The second-order valence-electron chi connectivity index (χ2n) is 9.91. The normalized spacial score (nSPS) is 23.7. The lowest BCUT2D eigenvalue weighted by Crippen LogP contribution is -2.60. The van der Waals surface area contributed by atoms with Gasteiger partial charge in [-0.15, -0.1) is 0 Å². The van der Waals surface area contributed by atoms with Crippen molar-refractivity contribution in [3.8, 4) is 0 Å². The molecular weight excluding hydrogens is 532 g/mol. The summed E-state index contributed by atoms with van der Waals surface area (Å²) in [7, 11) is 0. The minimum absolute atomic E-state index is 0.00929. The van der Waals surface area contributed by atoms with Crippen LogP contribution < -0.4 is 0 Å². The lowest BCUT2D eigenvalue weighted by molar-refractivity contribution is -0.232. The van der Waals surface area contributed by atoms with Crippen LogP contribution in [-0.4, -0.2) is 60.7 Å². The van der Waals surface area contributed by atoms with Gasteiger partial charge in [0.25, 0.3) is 0 Å². The third kappa shape index (κ3) is 8.85. The maximum Gasteiger partial charge on any atom is 0.335 e. The minimum Gasteiger partial charge on any atom is -0.457 e. The third-order valence-electron chi connectivity index (χ3n) is 6.60. The summed E-state index contributed by atoms with van der Waals surface area (Å²) in [6.45, 7) is 5.15. The molecule has 1 unspecified atom stereocenters. The van der Waals surface area contributed by atoms with Crippen molar-refractivity contribution in [3.05, 3.63) is 59.7 Å². The van der Waals surface area contributed by atoms with E-state index in [1.165, 1.54) is 18.2 Å². The maximum absolute atomic E-state index is 13.3. The Kier molecular flexibility index (Phi) is 12.3. The summed E-state index contributed by atoms with van der Waals surface area (Å²) in [5.41, 5.74) is 0.769. The summed E-state index contributed by atoms with van der Waals surface area (Å²) in [5.74, 6) is -4.16. The van der Waals surface area contributed by atoms with E-state index in [1.807, 2.05) is 25.1 Å². The van der Waals surface area contributed by atoms with Gasteiger partial charge in [-0.1, -0.05) is 63.3 Å². The van der Waals surface area contributed by atoms with Crippen molar-refractivity contribution in [2.45, 2.75) is 90.3 Å². The first-order chi connectivity index (χ1) is 19.8. The molecule has 0 N–H and O–H groups in total. The SMILES string of the molecule is CCCC(=O)O[C@@H]1[C@H](OC(=O)CCC)[C@H](C2C(=O)C=CC=C2C(=O)OCc2ccccc2)OC[C@H]1OC(=O)CCC. The minimum atomic E-state index is -1.34. The quantitative estimate of drug-likeness (QED) is 0.254. The fourth-order valence-corrected chi connectivity index (χ4v) is 4.67. The zero-order valence-corrected chi connectivity index (χ0v) is 23.7. The first-order valence-corrected chi connectivity index (χ1v) is 14.1. The van der Waals surface area contributed by atoms with E-state index >= 15 is 0 Å². The Labute approximate surface area is 240 Å². The largest absolute Gasteiger partial charge is 0.457 e. The lowest BCUT2D eigenvalue weighted by Gasteiger charge is -2.43. The highest BCUT2D eigenvalue weighted by Crippen LogP contribution is 2.35. The van der Waals surface area contributed by atoms with Crippen molar-refractivity contribution >= 4 is 29.7 Å². The number of allylic oxidation sites excluding steroid dienone is 3. The monoisotopic (exact) mass is 570 g/mol. The van der Waals surface area contributed by atoms with Crippen LogP contribution in [0.5, 0.6) is 0 Å². The number of hydrogen-bond acceptors (Lipinski definition) is 10. The van der Waals surface area contributed by atoms with E-state index in [9.17, 15) is 24.0 Å². The molecule has 1 heterocycles. The van der Waals surface area contributed by atoms with Gasteiger partial charge in [-0.3, -0.25) is 19.2 Å². The highest BCUT2D eigenvalue weighted by molar-refractivity contribution is 6.04. The molecule has 1 aromatic carbocycles. The molecule has 5 atom stereocenters. The Morgan fingerprint density at radius 2 is 1.41 bits per heavy atom. The van der Waals surface area contributed by atoms with E-state index < -0.39 is 60.0 Å². The van der Waals surface area contributed by atoms with Gasteiger partial charge in [-0.2, -0.15) is 0 Å². The fraction of sp³-hybridized carbons (Fsp3) is 0.516. The van der Waals surface area contributed by atoms with Crippen LogP contribution in [-0.2, 0) is 54.3 Å². The Bertz CT molecular complexity index is 1140. The summed E-state index contributed by atoms with van der Waals surface area (Å²) >= 11 is 0. The highest BCUT2D eigenvalue weighted by Gasteiger charge is 2.53. The van der Waals surface area contributed by atoms with Crippen molar-refractivity contribution < 1.29 is 47.7 Å². The molecule has 1 aliphatic heterocycles. The zero-order chi connectivity index (χ0) is 29.8. The van der Waals surface area contributed by atoms with Gasteiger partial charge < -0.3 is 23.7 Å². The van der Waals surface area contributed by atoms with E-state index in [0.717, 1.165) is 5.56 Å². The molecule has 0 aromatic heterocycles. The van der Waals surface area contributed by atoms with Gasteiger partial charge in [-0.05, 0) is 30.9 Å². The predicted octanol–water partition coefficient (Wildman–Crippen LogP) is 3.95. The van der Waals surface area contributed by atoms with Gasteiger partial charge in [0.1, 0.15) is 12.7 Å². The average Bonchev–Trinajstić information content (AvgIpc) is 2.94. The van der Waals surface area contributed by atoms with E-state index in [-0.39, 0.29) is 38.0 Å². The summed E-state index contributed by atoms with van der Waals surface area (Å²) in [6.07, 6.45) is 1.06. The molecule has 0 bridgehead atoms. The van der Waals surface area contributed by atoms with E-state index in [0.29, 0.717) is 19.3 Å². The number of ketones is 1. The number of benzene rings is 1. The second-order valence-corrected chi connectivity index (χ2v) is 9.91. The van der Waals surface area contributed by atoms with Gasteiger partial charge >= 0.3 is 23.9 Å². The van der Waals surface area contributed by atoms with Crippen LogP contribution in [0.4, 0.5) is 0 Å². The predicted molar refractivity (Wildman–Crippen MR) is 146 cm³/mol. The Balaban J connectivity index is 1.95. The Morgan fingerprint density at radius 1 is 0.829 bits per heavy atom. The van der Waals surface area contributed by atoms with Gasteiger partial charge in [0, 0.05) is 19.3 Å². The number of carbonyl (C=O) groups is 5. The van der Waals surface area contributed by atoms with Crippen LogP contribution in [0.2, 0.25) is 0 Å². The van der Waals surface area contributed by atoms with Gasteiger partial charge in [0.15, 0.2) is 24.1 Å². The van der Waals surface area contributed by atoms with Gasteiger partial charge in [0.05, 0.1) is 18.1 Å². The molecule has 10 nitrogen and oxygen atoms in total. The van der Waals surface area contributed by atoms with Crippen molar-refractivity contribution in [2.24, 2.45) is 5.92 Å². The molecule has 0 saturated carbocycles. The fourth-order valence-electron chi connectivity index (χ4n) is 4.67. The van der Waals surface area contributed by atoms with Crippen LogP contribution in [0.1, 0.15) is 64.9 Å². The number of carbonyl (C=O) groups excluding carboxylic acids is 5. The van der Waals surface area contributed by atoms with Crippen LogP contribution in [0.3, 0.4) is 0 Å². The van der Waals surface area contributed by atoms with Gasteiger partial charge in [-0.25, -0.2) is 4.79 Å². The van der Waals surface area contributed by atoms with Crippen LogP contribution in [0, 0.1) is 5.92 Å². The van der Waals surface area contributed by atoms with Crippen LogP contribution in [0.15, 0.2) is 54.1 Å². The van der Waals surface area contributed by atoms with E-state index in [2.05, 4.69) is 0 Å². The van der Waals surface area contributed by atoms with Crippen LogP contribution in [0.25, 0.3) is 0 Å². The Hall–Kier alpha value is -3.79. The molecule has 1 fully saturated rings. The van der Waals surface area contributed by atoms with Crippen molar-refractivity contribution in [2.75, 3.05) is 6.61 Å². The second kappa shape index (κ2) is 15.9. The topological polar surface area (TPSA) is 132 Å². The third-order valence-corrected chi connectivity index (χ3v) is 6.60. The summed E-state index contributed by atoms with van der Waals surface area (Å²) in [6, 6.07) is 9.06. The van der Waals surface area contributed by atoms with Crippen molar-refractivity contribution in [1.82, 2.24) is 0 Å². The molecule has 1 aliphatic carbocycles. The summed E-state index contributed by atoms with van der Waals surface area (Å²) in [4.78, 5) is 64.3. The van der Waals surface area contributed by atoms with E-state index in [4.69, 9.17) is 23.7 Å². The molecule has 41 heavy (non-hydrogen) atoms. The molecule has 10 heteroatoms. The summed E-state index contributed by atoms with van der Waals surface area (Å²) in [5, 5.41) is 0. The molecule has 222 valence electrons. The summed E-state index contributed by atoms with van der Waals surface area (Å²) < 4.78 is 28.6. The maximum atomic E-state index is 13.3. The molecule has 0 amide bonds. The van der Waals surface area contributed by atoms with Gasteiger partial charge in [0.2, 0.25) is 0 Å². The number of rotatable bonds is 13. The standard InChI is InChI=1S/C31H38O10/c1-4-11-24(33)39-23-19-37-29(30(41-26(35)13-6-3)28(23)40-25(34)12-5-2)27-21(16-10-17-22(27)32)31(36)38-18-20-14-8-7-9-15-20/h7-10,14-17,23,27-30H,4-6,11-13,18-19H2,1-3H3/t23-,27?,28+,29+,30+/m1/s1. The number of ether oxygens (including phenoxy) is 5. The van der Waals surface area contributed by atoms with E-state index in [1.54, 1.807) is 26.0 Å². The average molecular weight is 571 g/mol. The number of hydrogen-bond donors (Lipinski definition) is 0. The molecule has 0 radical (unpaired) electrons. The number of esters is 4. The smallest absolute Gasteiger partial charge is 0.335 e. The molecule has 3 rings (SSSR count). The zero-order valence-electron chi connectivity index (χ0n) is 23.7. The molecular formula is C31H38O10. The first kappa shape index (κ1) is 31.7. The first-order valence-electron chi connectivity index (χ1n) is 14.1. The lowest BCUT2D eigenvalue weighted by atomic mass is 9.80. The molecule has 2 aliphatic rings. The molecule has 0 spiro atoms.